The average Bonchev–Trinajstić information content (AvgIpc) is 2.67. The van der Waals surface area contributed by atoms with E-state index in [4.69, 9.17) is 4.74 Å². The smallest absolute Gasteiger partial charge is 0.0707 e. The lowest BCUT2D eigenvalue weighted by Gasteiger charge is -2.48. The summed E-state index contributed by atoms with van der Waals surface area (Å²) in [5.41, 5.74) is 0. The van der Waals surface area contributed by atoms with Crippen molar-refractivity contribution in [3.05, 3.63) is 0 Å². The van der Waals surface area contributed by atoms with Gasteiger partial charge in [0.05, 0.1) is 12.2 Å². The molecule has 1 saturated carbocycles. The van der Waals surface area contributed by atoms with E-state index in [1.165, 1.54) is 25.7 Å². The summed E-state index contributed by atoms with van der Waals surface area (Å²) >= 11 is 0. The maximum Gasteiger partial charge on any atom is 0.0707 e. The monoisotopic (exact) mass is 252 g/mol. The second-order valence-electron chi connectivity index (χ2n) is 6.85. The highest BCUT2D eigenvalue weighted by Crippen LogP contribution is 2.36. The number of rotatable bonds is 2. The van der Waals surface area contributed by atoms with E-state index in [0.717, 1.165) is 31.0 Å². The Labute approximate surface area is 111 Å². The lowest BCUT2D eigenvalue weighted by Crippen LogP contribution is -2.59. The molecule has 2 bridgehead atoms. The van der Waals surface area contributed by atoms with Gasteiger partial charge < -0.3 is 10.1 Å². The first-order valence-electron chi connectivity index (χ1n) is 7.74. The van der Waals surface area contributed by atoms with Gasteiger partial charge in [0, 0.05) is 25.2 Å². The third-order valence-electron chi connectivity index (χ3n) is 5.29. The zero-order valence-electron chi connectivity index (χ0n) is 12.1. The van der Waals surface area contributed by atoms with Crippen LogP contribution in [0.1, 0.15) is 39.5 Å². The Morgan fingerprint density at radius 3 is 2.33 bits per heavy atom. The van der Waals surface area contributed by atoms with Crippen LogP contribution in [0.2, 0.25) is 0 Å². The first-order valence-corrected chi connectivity index (χ1v) is 7.74. The normalized spacial score (nSPS) is 49.5. The summed E-state index contributed by atoms with van der Waals surface area (Å²) in [6.45, 7) is 7.18. The molecule has 1 aliphatic carbocycles. The first kappa shape index (κ1) is 12.9. The van der Waals surface area contributed by atoms with Crippen molar-refractivity contribution in [2.75, 3.05) is 20.1 Å². The van der Waals surface area contributed by atoms with Crippen molar-refractivity contribution in [3.8, 4) is 0 Å². The molecule has 0 radical (unpaired) electrons. The molecule has 0 spiro atoms. The fraction of sp³-hybridized carbons (Fsp3) is 1.00. The molecule has 0 aromatic rings. The molecular weight excluding hydrogens is 224 g/mol. The molecule has 2 aliphatic heterocycles. The lowest BCUT2D eigenvalue weighted by atomic mass is 9.75. The Kier molecular flexibility index (Phi) is 3.65. The van der Waals surface area contributed by atoms with Crippen molar-refractivity contribution in [2.24, 2.45) is 11.8 Å². The standard InChI is InChI=1S/C15H28N2O/c1-10-6-11(2)15(14(7-10)16-3)17-8-12-4-5-13(9-17)18-12/h10-16H,4-9H2,1-3H3. The highest BCUT2D eigenvalue weighted by Gasteiger charge is 2.42. The van der Waals surface area contributed by atoms with E-state index in [1.807, 2.05) is 0 Å². The molecule has 0 aromatic carbocycles. The van der Waals surface area contributed by atoms with Gasteiger partial charge >= 0.3 is 0 Å². The minimum absolute atomic E-state index is 0.521. The van der Waals surface area contributed by atoms with Crippen LogP contribution in [0.3, 0.4) is 0 Å². The number of morpholine rings is 1. The van der Waals surface area contributed by atoms with Crippen molar-refractivity contribution in [1.82, 2.24) is 10.2 Å². The van der Waals surface area contributed by atoms with E-state index in [1.54, 1.807) is 0 Å². The average molecular weight is 252 g/mol. The molecule has 3 aliphatic rings. The van der Waals surface area contributed by atoms with Crippen LogP contribution in [0, 0.1) is 11.8 Å². The van der Waals surface area contributed by atoms with Gasteiger partial charge in [0.15, 0.2) is 0 Å². The van der Waals surface area contributed by atoms with Gasteiger partial charge in [0.25, 0.3) is 0 Å². The van der Waals surface area contributed by atoms with Crippen molar-refractivity contribution < 1.29 is 4.74 Å². The summed E-state index contributed by atoms with van der Waals surface area (Å²) in [5.74, 6) is 1.68. The molecule has 104 valence electrons. The van der Waals surface area contributed by atoms with Gasteiger partial charge in [-0.25, -0.2) is 0 Å². The largest absolute Gasteiger partial charge is 0.372 e. The van der Waals surface area contributed by atoms with Crippen molar-refractivity contribution in [1.29, 1.82) is 0 Å². The Balaban J connectivity index is 1.72. The maximum absolute atomic E-state index is 5.98. The van der Waals surface area contributed by atoms with Crippen LogP contribution in [-0.2, 0) is 4.74 Å². The van der Waals surface area contributed by atoms with Gasteiger partial charge in [0.2, 0.25) is 0 Å². The molecule has 3 fully saturated rings. The van der Waals surface area contributed by atoms with Crippen LogP contribution in [-0.4, -0.2) is 49.3 Å². The Morgan fingerprint density at radius 1 is 1.06 bits per heavy atom. The number of likely N-dealkylation sites (tertiary alicyclic amines) is 1. The van der Waals surface area contributed by atoms with E-state index >= 15 is 0 Å². The number of nitrogens with one attached hydrogen (secondary N) is 1. The second kappa shape index (κ2) is 5.10. The van der Waals surface area contributed by atoms with Gasteiger partial charge in [-0.15, -0.1) is 0 Å². The van der Waals surface area contributed by atoms with Gasteiger partial charge in [-0.2, -0.15) is 0 Å². The Bertz CT molecular complexity index is 284. The second-order valence-corrected chi connectivity index (χ2v) is 6.85. The summed E-state index contributed by atoms with van der Waals surface area (Å²) in [4.78, 5) is 2.74. The molecule has 3 nitrogen and oxygen atoms in total. The molecule has 6 atom stereocenters. The predicted octanol–water partition coefficient (Wildman–Crippen LogP) is 1.87. The predicted molar refractivity (Wildman–Crippen MR) is 73.7 cm³/mol. The molecule has 3 heteroatoms. The molecule has 6 unspecified atom stereocenters. The number of hydrogen-bond acceptors (Lipinski definition) is 3. The summed E-state index contributed by atoms with van der Waals surface area (Å²) in [5, 5.41) is 3.58. The van der Waals surface area contributed by atoms with Crippen LogP contribution in [0.5, 0.6) is 0 Å². The minimum atomic E-state index is 0.521. The quantitative estimate of drug-likeness (QED) is 0.812. The fourth-order valence-corrected chi connectivity index (χ4v) is 4.63. The molecule has 2 saturated heterocycles. The van der Waals surface area contributed by atoms with Crippen molar-refractivity contribution in [3.63, 3.8) is 0 Å². The molecule has 3 rings (SSSR count). The zero-order valence-corrected chi connectivity index (χ0v) is 12.1. The highest BCUT2D eigenvalue weighted by atomic mass is 16.5. The molecule has 18 heavy (non-hydrogen) atoms. The zero-order chi connectivity index (χ0) is 12.7. The number of hydrogen-bond donors (Lipinski definition) is 1. The van der Waals surface area contributed by atoms with Crippen LogP contribution in [0.25, 0.3) is 0 Å². The maximum atomic E-state index is 5.98. The van der Waals surface area contributed by atoms with Crippen molar-refractivity contribution >= 4 is 0 Å². The molecule has 2 heterocycles. The van der Waals surface area contributed by atoms with Crippen LogP contribution in [0.15, 0.2) is 0 Å². The number of nitrogens with zero attached hydrogens (tertiary/aromatic N) is 1. The Morgan fingerprint density at radius 2 is 1.72 bits per heavy atom. The van der Waals surface area contributed by atoms with E-state index in [9.17, 15) is 0 Å². The summed E-state index contributed by atoms with van der Waals surface area (Å²) in [6.07, 6.45) is 6.32. The summed E-state index contributed by atoms with van der Waals surface area (Å²) < 4.78 is 5.98. The summed E-state index contributed by atoms with van der Waals surface area (Å²) in [7, 11) is 2.14. The topological polar surface area (TPSA) is 24.5 Å². The number of likely N-dealkylation sites (N-methyl/N-ethyl adjacent to an activating group) is 1. The summed E-state index contributed by atoms with van der Waals surface area (Å²) in [6, 6.07) is 1.39. The Hall–Kier alpha value is -0.120. The molecular formula is C15H28N2O. The van der Waals surface area contributed by atoms with Gasteiger partial charge in [0.1, 0.15) is 0 Å². The number of fused-ring (bicyclic) bond motifs is 2. The highest BCUT2D eigenvalue weighted by molar-refractivity contribution is 4.97. The van der Waals surface area contributed by atoms with E-state index in [2.05, 4.69) is 31.1 Å². The fourth-order valence-electron chi connectivity index (χ4n) is 4.63. The lowest BCUT2D eigenvalue weighted by molar-refractivity contribution is -0.0735. The van der Waals surface area contributed by atoms with E-state index < -0.39 is 0 Å². The molecule has 0 aromatic heterocycles. The van der Waals surface area contributed by atoms with Gasteiger partial charge in [-0.05, 0) is 44.6 Å². The minimum Gasteiger partial charge on any atom is -0.372 e. The van der Waals surface area contributed by atoms with Crippen molar-refractivity contribution in [2.45, 2.75) is 63.8 Å². The first-order chi connectivity index (χ1) is 8.67. The van der Waals surface area contributed by atoms with Crippen LogP contribution < -0.4 is 5.32 Å². The van der Waals surface area contributed by atoms with E-state index in [-0.39, 0.29) is 0 Å². The SMILES string of the molecule is CNC1CC(C)CC(C)C1N1CC2CCC(C1)O2. The third kappa shape index (κ3) is 2.33. The third-order valence-corrected chi connectivity index (χ3v) is 5.29. The number of ether oxygens (including phenoxy) is 1. The molecule has 0 amide bonds. The van der Waals surface area contributed by atoms with Gasteiger partial charge in [-0.3, -0.25) is 4.90 Å². The van der Waals surface area contributed by atoms with E-state index in [0.29, 0.717) is 18.2 Å². The molecule has 1 N–H and O–H groups in total. The van der Waals surface area contributed by atoms with Crippen LogP contribution in [0.4, 0.5) is 0 Å². The van der Waals surface area contributed by atoms with Crippen LogP contribution >= 0.6 is 0 Å². The van der Waals surface area contributed by atoms with Gasteiger partial charge in [-0.1, -0.05) is 13.8 Å².